The molecule has 2 heterocycles. The molecule has 2 aromatic heterocycles. The van der Waals surface area contributed by atoms with Gasteiger partial charge in [-0.15, -0.1) is 22.7 Å². The smallest absolute Gasteiger partial charge is 0.0726 e. The van der Waals surface area contributed by atoms with Crippen molar-refractivity contribution < 1.29 is 0 Å². The van der Waals surface area contributed by atoms with E-state index in [0.717, 1.165) is 0 Å². The van der Waals surface area contributed by atoms with Gasteiger partial charge in [-0.05, 0) is 191 Å². The lowest BCUT2D eigenvalue weighted by atomic mass is 9.69. The van der Waals surface area contributed by atoms with E-state index < -0.39 is 10.8 Å². The summed E-state index contributed by atoms with van der Waals surface area (Å²) in [5, 5.41) is 15.9. The molecular weight excluding hydrogens is 1050 g/mol. The molecule has 0 N–H and O–H groups in total. The minimum atomic E-state index is -0.551. The second-order valence-corrected chi connectivity index (χ2v) is 26.0. The Morgan fingerprint density at radius 3 is 1.00 bits per heavy atom. The molecule has 2 spiro atoms. The molecule has 15 aromatic carbocycles. The average Bonchev–Trinajstić information content (AvgIpc) is 1.54. The highest BCUT2D eigenvalue weighted by molar-refractivity contribution is 7.26. The van der Waals surface area contributed by atoms with Crippen molar-refractivity contribution in [3.05, 3.63) is 311 Å². The first-order valence-corrected chi connectivity index (χ1v) is 31.0. The molecule has 0 aliphatic heterocycles. The summed E-state index contributed by atoms with van der Waals surface area (Å²) in [6, 6.07) is 104. The maximum absolute atomic E-state index is 2.66. The van der Waals surface area contributed by atoms with Gasteiger partial charge in [-0.1, -0.05) is 231 Å². The predicted octanol–water partition coefficient (Wildman–Crippen LogP) is 22.5. The number of hydrogen-bond donors (Lipinski definition) is 0. The highest BCUT2D eigenvalue weighted by Crippen LogP contribution is 2.68. The van der Waals surface area contributed by atoms with Gasteiger partial charge in [0.1, 0.15) is 0 Å². The van der Waals surface area contributed by atoms with E-state index in [1.807, 2.05) is 22.7 Å². The first-order valence-electron chi connectivity index (χ1n) is 29.4. The molecule has 0 saturated heterocycles. The molecule has 2 heteroatoms. The molecule has 384 valence electrons. The predicted molar refractivity (Wildman–Crippen MR) is 357 cm³/mol. The Kier molecular flexibility index (Phi) is 8.28. The fourth-order valence-electron chi connectivity index (χ4n) is 17.4. The van der Waals surface area contributed by atoms with Crippen LogP contribution in [0.15, 0.2) is 267 Å². The van der Waals surface area contributed by atoms with Gasteiger partial charge in [-0.2, -0.15) is 0 Å². The van der Waals surface area contributed by atoms with Crippen molar-refractivity contribution in [1.82, 2.24) is 0 Å². The molecular formula is C82H44S2. The van der Waals surface area contributed by atoms with Crippen LogP contribution in [0, 0.1) is 0 Å². The van der Waals surface area contributed by atoms with Crippen molar-refractivity contribution >= 4 is 106 Å². The van der Waals surface area contributed by atoms with E-state index >= 15 is 0 Å². The lowest BCUT2D eigenvalue weighted by molar-refractivity contribution is 0.795. The zero-order valence-corrected chi connectivity index (χ0v) is 46.9. The first kappa shape index (κ1) is 44.7. The van der Waals surface area contributed by atoms with Gasteiger partial charge in [0.25, 0.3) is 0 Å². The molecule has 2 atom stereocenters. The van der Waals surface area contributed by atoms with Crippen LogP contribution in [0.2, 0.25) is 0 Å². The monoisotopic (exact) mass is 1090 g/mol. The number of benzene rings is 15. The van der Waals surface area contributed by atoms with E-state index in [0.29, 0.717) is 0 Å². The first-order chi connectivity index (χ1) is 41.7. The normalized spacial score (nSPS) is 16.7. The van der Waals surface area contributed by atoms with Crippen molar-refractivity contribution in [2.45, 2.75) is 10.8 Å². The summed E-state index contributed by atoms with van der Waals surface area (Å²) in [6.07, 6.45) is 0. The highest BCUT2D eigenvalue weighted by atomic mass is 32.1. The number of rotatable bonds is 2. The van der Waals surface area contributed by atoms with Gasteiger partial charge < -0.3 is 0 Å². The summed E-state index contributed by atoms with van der Waals surface area (Å²) in [5.74, 6) is 0. The van der Waals surface area contributed by atoms with Gasteiger partial charge in [0.2, 0.25) is 0 Å². The molecule has 21 rings (SSSR count). The Bertz CT molecular complexity index is 5520. The summed E-state index contributed by atoms with van der Waals surface area (Å²) in [4.78, 5) is 0. The van der Waals surface area contributed by atoms with Crippen molar-refractivity contribution in [3.63, 3.8) is 0 Å². The minimum absolute atomic E-state index is 0.551. The lowest BCUT2D eigenvalue weighted by Crippen LogP contribution is -2.26. The zero-order chi connectivity index (χ0) is 54.3. The van der Waals surface area contributed by atoms with Crippen LogP contribution in [0.3, 0.4) is 0 Å². The number of fused-ring (bicyclic) bond motifs is 30. The fourth-order valence-corrected chi connectivity index (χ4v) is 19.8. The van der Waals surface area contributed by atoms with Crippen LogP contribution in [-0.4, -0.2) is 0 Å². The average molecular weight is 1090 g/mol. The van der Waals surface area contributed by atoms with Gasteiger partial charge in [0.15, 0.2) is 0 Å². The van der Waals surface area contributed by atoms with Crippen LogP contribution in [-0.2, 0) is 10.8 Å². The van der Waals surface area contributed by atoms with Gasteiger partial charge in [0.05, 0.1) is 10.8 Å². The Morgan fingerprint density at radius 1 is 0.202 bits per heavy atom. The minimum Gasteiger partial charge on any atom is -0.135 e. The Hall–Kier alpha value is -9.96. The highest BCUT2D eigenvalue weighted by Gasteiger charge is 2.54. The van der Waals surface area contributed by atoms with Crippen LogP contribution in [0.4, 0.5) is 0 Å². The maximum Gasteiger partial charge on any atom is 0.0726 e. The molecule has 0 nitrogen and oxygen atoms in total. The third-order valence-corrected chi connectivity index (χ3v) is 22.9. The fraction of sp³-hybridized carbons (Fsp3) is 0.0244. The van der Waals surface area contributed by atoms with Crippen molar-refractivity contribution in [2.24, 2.45) is 0 Å². The molecule has 2 unspecified atom stereocenters. The van der Waals surface area contributed by atoms with Gasteiger partial charge in [0, 0.05) is 40.3 Å². The van der Waals surface area contributed by atoms with Crippen LogP contribution in [0.1, 0.15) is 44.5 Å². The number of hydrogen-bond acceptors (Lipinski definition) is 2. The Labute approximate surface area is 491 Å². The SMILES string of the molecule is c1ccc2c(c1)-c1ccc(-c3cccc4c3sc3ccccc34)cc1C21c2ccccc2-c2c1cc1c3cccc4c5c(cc(c6cccc2c61)c43)C1(c2ccccc2-c2ccc(-c3cccc4c3sc3ccccc34)cc21)c1ccccc1-5. The molecule has 0 saturated carbocycles. The summed E-state index contributed by atoms with van der Waals surface area (Å²) in [6.45, 7) is 0. The second kappa shape index (κ2) is 15.6. The topological polar surface area (TPSA) is 0 Å². The number of thiophene rings is 2. The van der Waals surface area contributed by atoms with Crippen LogP contribution in [0.25, 0.3) is 150 Å². The largest absolute Gasteiger partial charge is 0.135 e. The Morgan fingerprint density at radius 2 is 0.536 bits per heavy atom. The molecule has 0 fully saturated rings. The van der Waals surface area contributed by atoms with E-state index in [2.05, 4.69) is 267 Å². The quantitative estimate of drug-likeness (QED) is 0.120. The Balaban J connectivity index is 0.853. The third-order valence-electron chi connectivity index (χ3n) is 20.4. The van der Waals surface area contributed by atoms with Crippen LogP contribution >= 0.6 is 22.7 Å². The summed E-state index contributed by atoms with van der Waals surface area (Å²) in [7, 11) is 0. The van der Waals surface area contributed by atoms with Gasteiger partial charge in [-0.3, -0.25) is 0 Å². The summed E-state index contributed by atoms with van der Waals surface area (Å²) in [5.41, 5.74) is 25.6. The van der Waals surface area contributed by atoms with Gasteiger partial charge in [-0.25, -0.2) is 0 Å². The molecule has 0 radical (unpaired) electrons. The standard InChI is InChI=1S/C82H44S2/c1-7-31-65-49(17-1)51-39-37-45(47-23-13-27-57-53-19-5-11-35-73(53)83-79(47)57)41-69(51)81(65)67-33-9-3-21-59(67)77-61-29-15-26-56-64-44-72-78(62-30-16-25-55(76(62)64)63(75(56)61)43-71(77)81)60-22-4-10-34-68(60)82(72)66-32-8-2-18-50(66)52-40-38-46(42-70(52)82)48-24-14-28-58-54-20-6-12-36-74(54)84-80(48)58/h1-44H. The summed E-state index contributed by atoms with van der Waals surface area (Å²) < 4.78 is 5.35. The lowest BCUT2D eigenvalue weighted by Gasteiger charge is -2.32. The van der Waals surface area contributed by atoms with E-state index in [4.69, 9.17) is 0 Å². The second-order valence-electron chi connectivity index (χ2n) is 23.9. The molecule has 0 amide bonds. The van der Waals surface area contributed by atoms with E-state index in [-0.39, 0.29) is 0 Å². The van der Waals surface area contributed by atoms with Gasteiger partial charge >= 0.3 is 0 Å². The van der Waals surface area contributed by atoms with E-state index in [9.17, 15) is 0 Å². The van der Waals surface area contributed by atoms with Crippen molar-refractivity contribution in [2.75, 3.05) is 0 Å². The van der Waals surface area contributed by atoms with Crippen LogP contribution in [0.5, 0.6) is 0 Å². The molecule has 17 aromatic rings. The van der Waals surface area contributed by atoms with E-state index in [1.54, 1.807) is 0 Å². The molecule has 4 aliphatic carbocycles. The molecule has 4 aliphatic rings. The maximum atomic E-state index is 2.66. The zero-order valence-electron chi connectivity index (χ0n) is 45.2. The van der Waals surface area contributed by atoms with E-state index in [1.165, 1.54) is 195 Å². The van der Waals surface area contributed by atoms with Crippen molar-refractivity contribution in [3.8, 4) is 66.8 Å². The third kappa shape index (κ3) is 5.14. The molecule has 84 heavy (non-hydrogen) atoms. The van der Waals surface area contributed by atoms with Crippen molar-refractivity contribution in [1.29, 1.82) is 0 Å². The van der Waals surface area contributed by atoms with Crippen LogP contribution < -0.4 is 0 Å². The molecule has 0 bridgehead atoms. The summed E-state index contributed by atoms with van der Waals surface area (Å²) >= 11 is 3.83.